The van der Waals surface area contributed by atoms with Crippen LogP contribution in [0.15, 0.2) is 29.2 Å². The molecule has 104 valence electrons. The van der Waals surface area contributed by atoms with Crippen molar-refractivity contribution in [2.45, 2.75) is 24.3 Å². The Morgan fingerprint density at radius 3 is 3.11 bits per heavy atom. The molecule has 1 aromatic carbocycles. The minimum atomic E-state index is 0.101. The summed E-state index contributed by atoms with van der Waals surface area (Å²) in [5, 5.41) is 6.42. The van der Waals surface area contributed by atoms with E-state index in [1.807, 2.05) is 30.0 Å². The maximum Gasteiger partial charge on any atom is 0.226 e. The van der Waals surface area contributed by atoms with Crippen LogP contribution in [0.1, 0.15) is 13.3 Å². The molecule has 0 saturated carbocycles. The van der Waals surface area contributed by atoms with Gasteiger partial charge in [-0.2, -0.15) is 11.8 Å². The van der Waals surface area contributed by atoms with Crippen molar-refractivity contribution in [3.05, 3.63) is 24.3 Å². The summed E-state index contributed by atoms with van der Waals surface area (Å²) >= 11 is 3.67. The van der Waals surface area contributed by atoms with E-state index in [1.165, 1.54) is 0 Å². The summed E-state index contributed by atoms with van der Waals surface area (Å²) in [4.78, 5) is 13.2. The standard InChI is InChI=1S/C14H20N2OS2/c1-2-19-13-6-4-3-5-12(13)16-14(17)9-11-10-18-8-7-15-11/h3-6,11,15H,2,7-10H2,1H3,(H,16,17)/t11-/m1/s1. The Balaban J connectivity index is 1.90. The SMILES string of the molecule is CCSc1ccccc1NC(=O)C[C@@H]1CSCCN1. The first-order valence-electron chi connectivity index (χ1n) is 6.62. The van der Waals surface area contributed by atoms with Crippen molar-refractivity contribution in [2.24, 2.45) is 0 Å². The highest BCUT2D eigenvalue weighted by Crippen LogP contribution is 2.26. The van der Waals surface area contributed by atoms with Gasteiger partial charge in [0.1, 0.15) is 0 Å². The molecule has 0 aromatic heterocycles. The van der Waals surface area contributed by atoms with Crippen LogP contribution in [0.5, 0.6) is 0 Å². The van der Waals surface area contributed by atoms with Gasteiger partial charge in [-0.3, -0.25) is 4.79 Å². The van der Waals surface area contributed by atoms with E-state index in [-0.39, 0.29) is 5.91 Å². The second kappa shape index (κ2) is 7.82. The molecule has 0 bridgehead atoms. The van der Waals surface area contributed by atoms with E-state index in [2.05, 4.69) is 23.6 Å². The number of para-hydroxylation sites is 1. The van der Waals surface area contributed by atoms with Gasteiger partial charge in [0.05, 0.1) is 5.69 Å². The predicted molar refractivity (Wildman–Crippen MR) is 85.2 cm³/mol. The lowest BCUT2D eigenvalue weighted by Crippen LogP contribution is -2.39. The van der Waals surface area contributed by atoms with Crippen LogP contribution in [-0.2, 0) is 4.79 Å². The zero-order valence-electron chi connectivity index (χ0n) is 11.1. The number of rotatable bonds is 5. The second-order valence-corrected chi connectivity index (χ2v) is 6.86. The number of anilines is 1. The Morgan fingerprint density at radius 1 is 1.53 bits per heavy atom. The fourth-order valence-electron chi connectivity index (χ4n) is 2.03. The first-order chi connectivity index (χ1) is 9.29. The van der Waals surface area contributed by atoms with Gasteiger partial charge in [0.2, 0.25) is 5.91 Å². The molecule has 1 atom stereocenters. The first kappa shape index (κ1) is 14.8. The van der Waals surface area contributed by atoms with Crippen molar-refractivity contribution >= 4 is 35.1 Å². The molecule has 1 aromatic rings. The van der Waals surface area contributed by atoms with Crippen LogP contribution in [0.3, 0.4) is 0 Å². The fraction of sp³-hybridized carbons (Fsp3) is 0.500. The third-order valence-electron chi connectivity index (χ3n) is 2.89. The molecule has 1 heterocycles. The monoisotopic (exact) mass is 296 g/mol. The summed E-state index contributed by atoms with van der Waals surface area (Å²) < 4.78 is 0. The topological polar surface area (TPSA) is 41.1 Å². The van der Waals surface area contributed by atoms with Crippen molar-refractivity contribution in [2.75, 3.05) is 29.1 Å². The van der Waals surface area contributed by atoms with E-state index < -0.39 is 0 Å². The van der Waals surface area contributed by atoms with E-state index in [4.69, 9.17) is 0 Å². The molecular formula is C14H20N2OS2. The van der Waals surface area contributed by atoms with Crippen LogP contribution < -0.4 is 10.6 Å². The van der Waals surface area contributed by atoms with Crippen LogP contribution in [0, 0.1) is 0 Å². The van der Waals surface area contributed by atoms with Crippen molar-refractivity contribution in [3.8, 4) is 0 Å². The van der Waals surface area contributed by atoms with Gasteiger partial charge in [-0.05, 0) is 17.9 Å². The molecule has 0 unspecified atom stereocenters. The highest BCUT2D eigenvalue weighted by molar-refractivity contribution is 7.99. The summed E-state index contributed by atoms with van der Waals surface area (Å²) in [6.07, 6.45) is 0.554. The van der Waals surface area contributed by atoms with Gasteiger partial charge >= 0.3 is 0 Å². The molecule has 0 aliphatic carbocycles. The Kier molecular flexibility index (Phi) is 6.07. The molecule has 3 nitrogen and oxygen atoms in total. The lowest BCUT2D eigenvalue weighted by atomic mass is 10.2. The van der Waals surface area contributed by atoms with Gasteiger partial charge < -0.3 is 10.6 Å². The molecule has 0 radical (unpaired) electrons. The van der Waals surface area contributed by atoms with Crippen LogP contribution in [0.2, 0.25) is 0 Å². The summed E-state index contributed by atoms with van der Waals surface area (Å²) in [6, 6.07) is 8.30. The zero-order valence-corrected chi connectivity index (χ0v) is 12.8. The lowest BCUT2D eigenvalue weighted by molar-refractivity contribution is -0.116. The third kappa shape index (κ3) is 4.75. The number of carbonyl (C=O) groups is 1. The van der Waals surface area contributed by atoms with Crippen molar-refractivity contribution in [1.29, 1.82) is 0 Å². The number of thioether (sulfide) groups is 2. The molecule has 1 fully saturated rings. The molecule has 2 rings (SSSR count). The molecule has 1 aliphatic rings. The molecule has 19 heavy (non-hydrogen) atoms. The highest BCUT2D eigenvalue weighted by Gasteiger charge is 2.17. The zero-order chi connectivity index (χ0) is 13.5. The van der Waals surface area contributed by atoms with Crippen LogP contribution in [-0.4, -0.2) is 35.8 Å². The second-order valence-electron chi connectivity index (χ2n) is 4.41. The maximum absolute atomic E-state index is 12.1. The number of amides is 1. The van der Waals surface area contributed by atoms with Gasteiger partial charge in [-0.1, -0.05) is 19.1 Å². The van der Waals surface area contributed by atoms with E-state index in [9.17, 15) is 4.79 Å². The molecule has 1 saturated heterocycles. The Labute approximate surface area is 123 Å². The normalized spacial score (nSPS) is 19.1. The average molecular weight is 296 g/mol. The minimum Gasteiger partial charge on any atom is -0.325 e. The quantitative estimate of drug-likeness (QED) is 0.820. The number of hydrogen-bond donors (Lipinski definition) is 2. The molecule has 2 N–H and O–H groups in total. The number of nitrogens with one attached hydrogen (secondary N) is 2. The average Bonchev–Trinajstić information content (AvgIpc) is 2.42. The molecule has 5 heteroatoms. The van der Waals surface area contributed by atoms with E-state index in [0.29, 0.717) is 12.5 Å². The molecule has 0 spiro atoms. The smallest absolute Gasteiger partial charge is 0.226 e. The van der Waals surface area contributed by atoms with Crippen molar-refractivity contribution in [3.63, 3.8) is 0 Å². The van der Waals surface area contributed by atoms with Gasteiger partial charge in [0, 0.05) is 35.4 Å². The number of carbonyl (C=O) groups excluding carboxylic acids is 1. The Hall–Kier alpha value is -0.650. The van der Waals surface area contributed by atoms with E-state index >= 15 is 0 Å². The van der Waals surface area contributed by atoms with E-state index in [1.54, 1.807) is 11.8 Å². The van der Waals surface area contributed by atoms with Crippen LogP contribution in [0.4, 0.5) is 5.69 Å². The largest absolute Gasteiger partial charge is 0.325 e. The highest BCUT2D eigenvalue weighted by atomic mass is 32.2. The first-order valence-corrected chi connectivity index (χ1v) is 8.76. The van der Waals surface area contributed by atoms with Crippen molar-refractivity contribution in [1.82, 2.24) is 5.32 Å². The molecule has 1 amide bonds. The summed E-state index contributed by atoms with van der Waals surface area (Å²) in [6.45, 7) is 3.12. The predicted octanol–water partition coefficient (Wildman–Crippen LogP) is 2.83. The summed E-state index contributed by atoms with van der Waals surface area (Å²) in [5.41, 5.74) is 0.933. The Morgan fingerprint density at radius 2 is 2.37 bits per heavy atom. The fourth-order valence-corrected chi connectivity index (χ4v) is 3.74. The number of hydrogen-bond acceptors (Lipinski definition) is 4. The van der Waals surface area contributed by atoms with Gasteiger partial charge in [-0.15, -0.1) is 11.8 Å². The van der Waals surface area contributed by atoms with Crippen LogP contribution in [0.25, 0.3) is 0 Å². The Bertz CT molecular complexity index is 420. The number of benzene rings is 1. The molecular weight excluding hydrogens is 276 g/mol. The minimum absolute atomic E-state index is 0.101. The summed E-state index contributed by atoms with van der Waals surface area (Å²) in [5.74, 6) is 3.28. The summed E-state index contributed by atoms with van der Waals surface area (Å²) in [7, 11) is 0. The van der Waals surface area contributed by atoms with E-state index in [0.717, 1.165) is 34.4 Å². The third-order valence-corrected chi connectivity index (χ3v) is 4.98. The maximum atomic E-state index is 12.1. The molecule has 1 aliphatic heterocycles. The van der Waals surface area contributed by atoms with Crippen LogP contribution >= 0.6 is 23.5 Å². The van der Waals surface area contributed by atoms with Crippen molar-refractivity contribution < 1.29 is 4.79 Å². The van der Waals surface area contributed by atoms with Gasteiger partial charge in [0.25, 0.3) is 0 Å². The van der Waals surface area contributed by atoms with Gasteiger partial charge in [0.15, 0.2) is 0 Å². The lowest BCUT2D eigenvalue weighted by Gasteiger charge is -2.22. The van der Waals surface area contributed by atoms with Gasteiger partial charge in [-0.25, -0.2) is 0 Å².